The molecule has 0 saturated carbocycles. The standard InChI is InChI=1S/C7H8F2NO3P/c8-7(9,14(11,12)13)5-2-1-3-6(10)4-5/h1-4H,10H2,(H2,11,12,13). The molecular formula is C7H8F2NO3P. The number of nitrogens with two attached hydrogens (primary N) is 1. The van der Waals surface area contributed by atoms with Gasteiger partial charge in [0, 0.05) is 11.3 Å². The van der Waals surface area contributed by atoms with Gasteiger partial charge in [-0.15, -0.1) is 0 Å². The summed E-state index contributed by atoms with van der Waals surface area (Å²) in [6, 6.07) is 4.29. The third-order valence-corrected chi connectivity index (χ3v) is 2.59. The summed E-state index contributed by atoms with van der Waals surface area (Å²) in [5.74, 6) is 0. The highest BCUT2D eigenvalue weighted by molar-refractivity contribution is 7.52. The van der Waals surface area contributed by atoms with Gasteiger partial charge in [-0.05, 0) is 12.1 Å². The Morgan fingerprint density at radius 2 is 1.93 bits per heavy atom. The van der Waals surface area contributed by atoms with E-state index in [0.717, 1.165) is 12.1 Å². The van der Waals surface area contributed by atoms with Crippen molar-refractivity contribution in [2.45, 2.75) is 5.66 Å². The second kappa shape index (κ2) is 3.31. The molecule has 0 radical (unpaired) electrons. The van der Waals surface area contributed by atoms with Crippen molar-refractivity contribution in [2.75, 3.05) is 5.73 Å². The first kappa shape index (κ1) is 11.1. The highest BCUT2D eigenvalue weighted by Crippen LogP contribution is 2.59. The van der Waals surface area contributed by atoms with Crippen LogP contribution in [0.1, 0.15) is 5.56 Å². The number of rotatable bonds is 2. The molecule has 1 aromatic rings. The predicted molar refractivity (Wildman–Crippen MR) is 46.8 cm³/mol. The van der Waals surface area contributed by atoms with Crippen molar-refractivity contribution in [1.29, 1.82) is 0 Å². The molecule has 0 bridgehead atoms. The number of nitrogen functional groups attached to an aromatic ring is 1. The fourth-order valence-corrected chi connectivity index (χ4v) is 1.37. The number of anilines is 1. The minimum Gasteiger partial charge on any atom is -0.399 e. The van der Waals surface area contributed by atoms with Crippen molar-refractivity contribution in [3.63, 3.8) is 0 Å². The molecule has 78 valence electrons. The molecule has 0 spiro atoms. The molecule has 0 aliphatic rings. The lowest BCUT2D eigenvalue weighted by atomic mass is 10.2. The summed E-state index contributed by atoms with van der Waals surface area (Å²) >= 11 is 0. The number of hydrogen-bond acceptors (Lipinski definition) is 2. The Morgan fingerprint density at radius 1 is 1.36 bits per heavy atom. The van der Waals surface area contributed by atoms with Crippen molar-refractivity contribution >= 4 is 13.3 Å². The maximum atomic E-state index is 13.0. The van der Waals surface area contributed by atoms with Gasteiger partial charge in [0.1, 0.15) is 0 Å². The SMILES string of the molecule is Nc1cccc(C(F)(F)P(=O)(O)O)c1. The van der Waals surface area contributed by atoms with Gasteiger partial charge in [-0.25, -0.2) is 0 Å². The van der Waals surface area contributed by atoms with Gasteiger partial charge >= 0.3 is 13.3 Å². The van der Waals surface area contributed by atoms with Crippen molar-refractivity contribution in [3.8, 4) is 0 Å². The van der Waals surface area contributed by atoms with E-state index >= 15 is 0 Å². The molecule has 14 heavy (non-hydrogen) atoms. The van der Waals surface area contributed by atoms with Gasteiger partial charge in [0.25, 0.3) is 0 Å². The smallest absolute Gasteiger partial charge is 0.399 e. The predicted octanol–water partition coefficient (Wildman–Crippen LogP) is 1.50. The minimum atomic E-state index is -5.50. The largest absolute Gasteiger partial charge is 0.399 e. The average Bonchev–Trinajstić information content (AvgIpc) is 2.02. The highest BCUT2D eigenvalue weighted by Gasteiger charge is 2.50. The van der Waals surface area contributed by atoms with E-state index in [0.29, 0.717) is 0 Å². The quantitative estimate of drug-likeness (QED) is 0.524. The molecule has 0 saturated heterocycles. The number of hydrogen-bond donors (Lipinski definition) is 3. The van der Waals surface area contributed by atoms with Crippen LogP contribution in [0.3, 0.4) is 0 Å². The molecule has 0 aliphatic heterocycles. The van der Waals surface area contributed by atoms with E-state index in [-0.39, 0.29) is 5.69 Å². The zero-order chi connectivity index (χ0) is 11.0. The Balaban J connectivity index is 3.23. The van der Waals surface area contributed by atoms with Crippen LogP contribution in [0.5, 0.6) is 0 Å². The van der Waals surface area contributed by atoms with Gasteiger partial charge in [-0.3, -0.25) is 4.57 Å². The van der Waals surface area contributed by atoms with Gasteiger partial charge in [-0.2, -0.15) is 8.78 Å². The van der Waals surface area contributed by atoms with Gasteiger partial charge in [0.15, 0.2) is 0 Å². The van der Waals surface area contributed by atoms with E-state index in [1.54, 1.807) is 0 Å². The molecule has 0 heterocycles. The van der Waals surface area contributed by atoms with Crippen molar-refractivity contribution in [3.05, 3.63) is 29.8 Å². The van der Waals surface area contributed by atoms with Gasteiger partial charge in [-0.1, -0.05) is 12.1 Å². The molecule has 1 rings (SSSR count). The van der Waals surface area contributed by atoms with Gasteiger partial charge in [0.2, 0.25) is 0 Å². The summed E-state index contributed by atoms with van der Waals surface area (Å²) in [4.78, 5) is 16.8. The van der Waals surface area contributed by atoms with E-state index in [9.17, 15) is 13.3 Å². The lowest BCUT2D eigenvalue weighted by molar-refractivity contribution is 0.0565. The molecule has 0 unspecified atom stereocenters. The molecule has 4 nitrogen and oxygen atoms in total. The topological polar surface area (TPSA) is 83.6 Å². The van der Waals surface area contributed by atoms with Crippen LogP contribution in [-0.4, -0.2) is 9.79 Å². The summed E-state index contributed by atoms with van der Waals surface area (Å²) in [7, 11) is -5.50. The zero-order valence-electron chi connectivity index (χ0n) is 6.89. The van der Waals surface area contributed by atoms with E-state index in [1.165, 1.54) is 12.1 Å². The van der Waals surface area contributed by atoms with E-state index in [4.69, 9.17) is 15.5 Å². The first-order chi connectivity index (χ1) is 6.25. The van der Waals surface area contributed by atoms with Crippen molar-refractivity contribution < 1.29 is 23.1 Å². The first-order valence-corrected chi connectivity index (χ1v) is 5.16. The molecule has 7 heteroatoms. The number of alkyl halides is 2. The Kier molecular flexibility index (Phi) is 2.63. The molecule has 4 N–H and O–H groups in total. The van der Waals surface area contributed by atoms with Crippen LogP contribution >= 0.6 is 7.60 Å². The summed E-state index contributed by atoms with van der Waals surface area (Å²) in [6.07, 6.45) is 0. The summed E-state index contributed by atoms with van der Waals surface area (Å²) < 4.78 is 36.5. The summed E-state index contributed by atoms with van der Waals surface area (Å²) in [6.45, 7) is 0. The molecular weight excluding hydrogens is 215 g/mol. The molecule has 1 aromatic carbocycles. The van der Waals surface area contributed by atoms with Crippen LogP contribution in [0, 0.1) is 0 Å². The third-order valence-electron chi connectivity index (χ3n) is 1.60. The van der Waals surface area contributed by atoms with Gasteiger partial charge in [0.05, 0.1) is 0 Å². The van der Waals surface area contributed by atoms with E-state index in [2.05, 4.69) is 0 Å². The summed E-state index contributed by atoms with van der Waals surface area (Å²) in [5, 5.41) is 0. The van der Waals surface area contributed by atoms with E-state index < -0.39 is 18.8 Å². The molecule has 0 atom stereocenters. The van der Waals surface area contributed by atoms with E-state index in [1.807, 2.05) is 0 Å². The van der Waals surface area contributed by atoms with Gasteiger partial charge < -0.3 is 15.5 Å². The minimum absolute atomic E-state index is 0.0237. The van der Waals surface area contributed by atoms with Crippen LogP contribution in [0.4, 0.5) is 14.5 Å². The highest BCUT2D eigenvalue weighted by atomic mass is 31.2. The van der Waals surface area contributed by atoms with Crippen LogP contribution in [0.15, 0.2) is 24.3 Å². The summed E-state index contributed by atoms with van der Waals surface area (Å²) in [5.41, 5.74) is 0.258. The second-order valence-electron chi connectivity index (χ2n) is 2.71. The Labute approximate surface area is 78.5 Å². The molecule has 0 aromatic heterocycles. The fourth-order valence-electron chi connectivity index (χ4n) is 0.894. The molecule has 0 amide bonds. The van der Waals surface area contributed by atoms with Crippen LogP contribution in [-0.2, 0) is 10.2 Å². The maximum absolute atomic E-state index is 13.0. The average molecular weight is 223 g/mol. The third kappa shape index (κ3) is 1.92. The first-order valence-electron chi connectivity index (χ1n) is 3.54. The fraction of sp³-hybridized carbons (Fsp3) is 0.143. The Morgan fingerprint density at radius 3 is 2.36 bits per heavy atom. The monoisotopic (exact) mass is 223 g/mol. The normalized spacial score (nSPS) is 12.9. The lowest BCUT2D eigenvalue weighted by Gasteiger charge is -2.17. The lowest BCUT2D eigenvalue weighted by Crippen LogP contribution is -2.13. The Hall–Kier alpha value is -0.970. The molecule has 0 fully saturated rings. The second-order valence-corrected chi connectivity index (χ2v) is 4.36. The molecule has 0 aliphatic carbocycles. The van der Waals surface area contributed by atoms with Crippen LogP contribution in [0.25, 0.3) is 0 Å². The number of halogens is 2. The zero-order valence-corrected chi connectivity index (χ0v) is 7.79. The van der Waals surface area contributed by atoms with Crippen LogP contribution in [0.2, 0.25) is 0 Å². The Bertz CT molecular complexity index is 390. The van der Waals surface area contributed by atoms with Crippen molar-refractivity contribution in [2.24, 2.45) is 0 Å². The number of benzene rings is 1. The van der Waals surface area contributed by atoms with Crippen molar-refractivity contribution in [1.82, 2.24) is 0 Å². The maximum Gasteiger partial charge on any atom is 0.399 e. The van der Waals surface area contributed by atoms with Crippen LogP contribution < -0.4 is 5.73 Å².